The Balaban J connectivity index is 2.00. The minimum absolute atomic E-state index is 0.0202. The van der Waals surface area contributed by atoms with Gasteiger partial charge < -0.3 is 14.4 Å². The Labute approximate surface area is 135 Å². The minimum atomic E-state index is -0.955. The van der Waals surface area contributed by atoms with Gasteiger partial charge in [0, 0.05) is 13.0 Å². The zero-order valence-electron chi connectivity index (χ0n) is 13.6. The molecule has 6 heteroatoms. The minimum Gasteiger partial charge on any atom is -0.449 e. The molecule has 0 N–H and O–H groups in total. The molecule has 124 valence electrons. The monoisotopic (exact) mass is 319 g/mol. The van der Waals surface area contributed by atoms with Gasteiger partial charge in [-0.3, -0.25) is 4.79 Å². The van der Waals surface area contributed by atoms with E-state index in [1.807, 2.05) is 0 Å². The number of carbonyl (C=O) groups excluding carboxylic acids is 3. The molecule has 1 aromatic carbocycles. The van der Waals surface area contributed by atoms with Crippen LogP contribution in [0.25, 0.3) is 0 Å². The number of hydrogen-bond donors (Lipinski definition) is 0. The molecule has 6 nitrogen and oxygen atoms in total. The Hall–Kier alpha value is -2.37. The number of carbonyl (C=O) groups is 3. The number of Topliss-reactive ketones (excluding diaryl/α,β-unsaturated/α-hetero) is 1. The summed E-state index contributed by atoms with van der Waals surface area (Å²) in [5, 5.41) is 0. The van der Waals surface area contributed by atoms with Crippen molar-refractivity contribution >= 4 is 17.8 Å². The topological polar surface area (TPSA) is 72.9 Å². The average Bonchev–Trinajstić information content (AvgIpc) is 2.48. The fraction of sp³-hybridized carbons (Fsp3) is 0.471. The van der Waals surface area contributed by atoms with Gasteiger partial charge in [0.2, 0.25) is 0 Å². The first-order valence-electron chi connectivity index (χ1n) is 7.53. The molecule has 1 aliphatic rings. The number of rotatable bonds is 2. The van der Waals surface area contributed by atoms with E-state index < -0.39 is 23.8 Å². The zero-order valence-corrected chi connectivity index (χ0v) is 13.6. The SMILES string of the molecule is CC(C)(C)OC(=O)N1CCC(=O)[C@H](OC(=O)c2ccccc2)C1. The number of piperidine rings is 1. The van der Waals surface area contributed by atoms with Gasteiger partial charge in [0.05, 0.1) is 12.1 Å². The highest BCUT2D eigenvalue weighted by Crippen LogP contribution is 2.16. The molecule has 0 unspecified atom stereocenters. The van der Waals surface area contributed by atoms with Crippen LogP contribution in [0.4, 0.5) is 4.79 Å². The van der Waals surface area contributed by atoms with E-state index in [4.69, 9.17) is 9.47 Å². The van der Waals surface area contributed by atoms with E-state index in [1.54, 1.807) is 51.1 Å². The van der Waals surface area contributed by atoms with Gasteiger partial charge >= 0.3 is 12.1 Å². The molecule has 0 bridgehead atoms. The zero-order chi connectivity index (χ0) is 17.0. The number of nitrogens with zero attached hydrogens (tertiary/aromatic N) is 1. The van der Waals surface area contributed by atoms with Crippen LogP contribution in [0.3, 0.4) is 0 Å². The number of benzene rings is 1. The Morgan fingerprint density at radius 3 is 2.43 bits per heavy atom. The van der Waals surface area contributed by atoms with Crippen LogP contribution in [-0.2, 0) is 14.3 Å². The molecule has 0 saturated carbocycles. The first-order valence-corrected chi connectivity index (χ1v) is 7.53. The van der Waals surface area contributed by atoms with Gasteiger partial charge in [-0.1, -0.05) is 18.2 Å². The standard InChI is InChI=1S/C17H21NO5/c1-17(2,3)23-16(21)18-10-9-13(19)14(11-18)22-15(20)12-7-5-4-6-8-12/h4-8,14H,9-11H2,1-3H3/t14-/m1/s1. The smallest absolute Gasteiger partial charge is 0.410 e. The summed E-state index contributed by atoms with van der Waals surface area (Å²) in [6.07, 6.45) is -1.32. The van der Waals surface area contributed by atoms with Gasteiger partial charge in [-0.2, -0.15) is 0 Å². The molecule has 23 heavy (non-hydrogen) atoms. The molecule has 0 aliphatic carbocycles. The van der Waals surface area contributed by atoms with Crippen molar-refractivity contribution in [3.05, 3.63) is 35.9 Å². The van der Waals surface area contributed by atoms with Gasteiger partial charge in [-0.05, 0) is 32.9 Å². The molecule has 1 amide bonds. The summed E-state index contributed by atoms with van der Waals surface area (Å²) in [4.78, 5) is 37.5. The van der Waals surface area contributed by atoms with Gasteiger partial charge in [-0.15, -0.1) is 0 Å². The van der Waals surface area contributed by atoms with Gasteiger partial charge in [0.1, 0.15) is 5.60 Å². The third kappa shape index (κ3) is 4.81. The second-order valence-corrected chi connectivity index (χ2v) is 6.40. The first kappa shape index (κ1) is 17.0. The largest absolute Gasteiger partial charge is 0.449 e. The molecule has 1 fully saturated rings. The van der Waals surface area contributed by atoms with Crippen molar-refractivity contribution in [3.63, 3.8) is 0 Å². The summed E-state index contributed by atoms with van der Waals surface area (Å²) >= 11 is 0. The molecular formula is C17H21NO5. The van der Waals surface area contributed by atoms with Crippen molar-refractivity contribution in [1.29, 1.82) is 0 Å². The summed E-state index contributed by atoms with van der Waals surface area (Å²) in [5.74, 6) is -0.760. The Morgan fingerprint density at radius 2 is 1.83 bits per heavy atom. The van der Waals surface area contributed by atoms with Gasteiger partial charge in [0.25, 0.3) is 0 Å². The molecule has 0 radical (unpaired) electrons. The highest BCUT2D eigenvalue weighted by Gasteiger charge is 2.34. The summed E-state index contributed by atoms with van der Waals surface area (Å²) in [5.41, 5.74) is -0.246. The Morgan fingerprint density at radius 1 is 1.17 bits per heavy atom. The van der Waals surface area contributed by atoms with E-state index in [2.05, 4.69) is 0 Å². The number of hydrogen-bond acceptors (Lipinski definition) is 5. The number of ketones is 1. The molecule has 1 saturated heterocycles. The normalized spacial score (nSPS) is 18.5. The fourth-order valence-corrected chi connectivity index (χ4v) is 2.17. The molecule has 0 spiro atoms. The predicted octanol–water partition coefficient (Wildman–Crippen LogP) is 2.42. The summed E-state index contributed by atoms with van der Waals surface area (Å²) in [7, 11) is 0. The maximum absolute atomic E-state index is 12.1. The third-order valence-corrected chi connectivity index (χ3v) is 3.28. The van der Waals surface area contributed by atoms with Crippen LogP contribution in [0.5, 0.6) is 0 Å². The Kier molecular flexibility index (Phi) is 5.03. The molecule has 1 atom stereocenters. The lowest BCUT2D eigenvalue weighted by molar-refractivity contribution is -0.131. The van der Waals surface area contributed by atoms with Crippen LogP contribution in [-0.4, -0.2) is 47.5 Å². The highest BCUT2D eigenvalue weighted by atomic mass is 16.6. The molecule has 2 rings (SSSR count). The number of ether oxygens (including phenoxy) is 2. The predicted molar refractivity (Wildman–Crippen MR) is 83.1 cm³/mol. The van der Waals surface area contributed by atoms with Crippen LogP contribution in [0.1, 0.15) is 37.6 Å². The Bertz CT molecular complexity index is 591. The quantitative estimate of drug-likeness (QED) is 0.783. The van der Waals surface area contributed by atoms with Crippen molar-refractivity contribution < 1.29 is 23.9 Å². The second-order valence-electron chi connectivity index (χ2n) is 6.40. The van der Waals surface area contributed by atoms with E-state index in [0.717, 1.165) is 0 Å². The lowest BCUT2D eigenvalue weighted by atomic mass is 10.1. The van der Waals surface area contributed by atoms with Crippen molar-refractivity contribution in [2.75, 3.05) is 13.1 Å². The molecule has 0 aromatic heterocycles. The van der Waals surface area contributed by atoms with E-state index in [0.29, 0.717) is 5.56 Å². The number of amides is 1. The highest BCUT2D eigenvalue weighted by molar-refractivity contribution is 5.93. The summed E-state index contributed by atoms with van der Waals surface area (Å²) in [6, 6.07) is 8.44. The van der Waals surface area contributed by atoms with Crippen molar-refractivity contribution in [2.45, 2.75) is 38.9 Å². The van der Waals surface area contributed by atoms with Crippen LogP contribution < -0.4 is 0 Å². The molecule has 1 aromatic rings. The molecule has 1 heterocycles. The van der Waals surface area contributed by atoms with E-state index in [9.17, 15) is 14.4 Å². The summed E-state index contributed by atoms with van der Waals surface area (Å²) < 4.78 is 10.5. The fourth-order valence-electron chi connectivity index (χ4n) is 2.17. The first-order chi connectivity index (χ1) is 10.8. The van der Waals surface area contributed by atoms with E-state index in [-0.39, 0.29) is 25.3 Å². The van der Waals surface area contributed by atoms with E-state index in [1.165, 1.54) is 4.90 Å². The van der Waals surface area contributed by atoms with Crippen LogP contribution >= 0.6 is 0 Å². The van der Waals surface area contributed by atoms with Crippen LogP contribution in [0, 0.1) is 0 Å². The second kappa shape index (κ2) is 6.81. The average molecular weight is 319 g/mol. The number of likely N-dealkylation sites (tertiary alicyclic amines) is 1. The van der Waals surface area contributed by atoms with Crippen LogP contribution in [0.15, 0.2) is 30.3 Å². The van der Waals surface area contributed by atoms with Crippen molar-refractivity contribution in [1.82, 2.24) is 4.90 Å². The van der Waals surface area contributed by atoms with Gasteiger partial charge in [-0.25, -0.2) is 9.59 Å². The lowest BCUT2D eigenvalue weighted by Crippen LogP contribution is -2.50. The van der Waals surface area contributed by atoms with Crippen LogP contribution in [0.2, 0.25) is 0 Å². The van der Waals surface area contributed by atoms with Crippen molar-refractivity contribution in [2.24, 2.45) is 0 Å². The summed E-state index contributed by atoms with van der Waals surface area (Å²) in [6.45, 7) is 5.60. The number of esters is 1. The maximum atomic E-state index is 12.1. The maximum Gasteiger partial charge on any atom is 0.410 e. The van der Waals surface area contributed by atoms with Gasteiger partial charge in [0.15, 0.2) is 11.9 Å². The third-order valence-electron chi connectivity index (χ3n) is 3.28. The van der Waals surface area contributed by atoms with E-state index >= 15 is 0 Å². The van der Waals surface area contributed by atoms with Crippen molar-refractivity contribution in [3.8, 4) is 0 Å². The molecule has 1 aliphatic heterocycles. The lowest BCUT2D eigenvalue weighted by Gasteiger charge is -2.32. The molecular weight excluding hydrogens is 298 g/mol.